The lowest BCUT2D eigenvalue weighted by molar-refractivity contribution is 0.00625. The van der Waals surface area contributed by atoms with Crippen LogP contribution in [0.15, 0.2) is 12.1 Å². The average molecular weight is 264 g/mol. The molecule has 1 N–H and O–H groups in total. The molecule has 4 heteroatoms. The van der Waals surface area contributed by atoms with E-state index in [0.29, 0.717) is 5.75 Å². The highest BCUT2D eigenvalue weighted by Crippen LogP contribution is 2.39. The molecule has 0 saturated heterocycles. The highest BCUT2D eigenvalue weighted by molar-refractivity contribution is 5.96. The van der Waals surface area contributed by atoms with Crippen molar-refractivity contribution in [2.45, 2.75) is 52.2 Å². The molecule has 1 aromatic carbocycles. The highest BCUT2D eigenvalue weighted by Gasteiger charge is 2.31. The molecule has 2 rings (SSSR count). The fourth-order valence-corrected chi connectivity index (χ4v) is 2.12. The minimum Gasteiger partial charge on any atom is -0.507 e. The first kappa shape index (κ1) is 13.7. The number of esters is 1. The largest absolute Gasteiger partial charge is 0.507 e. The number of hydrogen-bond donors (Lipinski definition) is 1. The van der Waals surface area contributed by atoms with Crippen LogP contribution in [-0.2, 0) is 11.2 Å². The number of ether oxygens (including phenoxy) is 2. The average Bonchev–Trinajstić information content (AvgIpc) is 2.68. The SMILES string of the molecule is CCC1Cc2ccc(O)c(C(=O)OC(C)(C)C)c2O1. The summed E-state index contributed by atoms with van der Waals surface area (Å²) in [5, 5.41) is 9.92. The van der Waals surface area contributed by atoms with Crippen LogP contribution in [0.2, 0.25) is 0 Å². The van der Waals surface area contributed by atoms with Crippen LogP contribution >= 0.6 is 0 Å². The maximum atomic E-state index is 12.2. The normalized spacial score (nSPS) is 17.8. The van der Waals surface area contributed by atoms with Crippen molar-refractivity contribution in [3.05, 3.63) is 23.3 Å². The summed E-state index contributed by atoms with van der Waals surface area (Å²) in [4.78, 5) is 12.2. The molecule has 1 aliphatic heterocycles. The molecular weight excluding hydrogens is 244 g/mol. The minimum absolute atomic E-state index is 0.0676. The van der Waals surface area contributed by atoms with Crippen molar-refractivity contribution < 1.29 is 19.4 Å². The first-order valence-corrected chi connectivity index (χ1v) is 6.56. The van der Waals surface area contributed by atoms with E-state index in [2.05, 4.69) is 0 Å². The van der Waals surface area contributed by atoms with Crippen LogP contribution < -0.4 is 4.74 Å². The van der Waals surface area contributed by atoms with Crippen molar-refractivity contribution in [1.29, 1.82) is 0 Å². The Balaban J connectivity index is 2.37. The summed E-state index contributed by atoms with van der Waals surface area (Å²) in [6, 6.07) is 3.33. The predicted molar refractivity (Wildman–Crippen MR) is 71.7 cm³/mol. The third kappa shape index (κ3) is 2.83. The van der Waals surface area contributed by atoms with Gasteiger partial charge in [-0.1, -0.05) is 13.0 Å². The molecule has 0 amide bonds. The van der Waals surface area contributed by atoms with Gasteiger partial charge < -0.3 is 14.6 Å². The molecule has 0 aromatic heterocycles. The summed E-state index contributed by atoms with van der Waals surface area (Å²) in [7, 11) is 0. The Morgan fingerprint density at radius 2 is 2.16 bits per heavy atom. The number of phenols is 1. The monoisotopic (exact) mass is 264 g/mol. The van der Waals surface area contributed by atoms with Crippen molar-refractivity contribution in [3.8, 4) is 11.5 Å². The Kier molecular flexibility index (Phi) is 3.43. The number of rotatable bonds is 2. The molecule has 1 unspecified atom stereocenters. The van der Waals surface area contributed by atoms with E-state index in [-0.39, 0.29) is 17.4 Å². The molecule has 0 radical (unpaired) electrons. The van der Waals surface area contributed by atoms with Gasteiger partial charge in [0.25, 0.3) is 0 Å². The van der Waals surface area contributed by atoms with E-state index in [1.807, 2.05) is 6.92 Å². The molecule has 0 fully saturated rings. The summed E-state index contributed by atoms with van der Waals surface area (Å²) >= 11 is 0. The molecule has 0 saturated carbocycles. The predicted octanol–water partition coefficient (Wildman–Crippen LogP) is 3.06. The Morgan fingerprint density at radius 3 is 2.74 bits per heavy atom. The third-order valence-corrected chi connectivity index (χ3v) is 3.01. The van der Waals surface area contributed by atoms with Gasteiger partial charge in [-0.2, -0.15) is 0 Å². The lowest BCUT2D eigenvalue weighted by Gasteiger charge is -2.20. The number of phenolic OH excluding ortho intramolecular Hbond substituents is 1. The maximum Gasteiger partial charge on any atom is 0.346 e. The summed E-state index contributed by atoms with van der Waals surface area (Å²) in [5.41, 5.74) is 0.489. The Morgan fingerprint density at radius 1 is 1.47 bits per heavy atom. The topological polar surface area (TPSA) is 55.8 Å². The molecule has 19 heavy (non-hydrogen) atoms. The van der Waals surface area contributed by atoms with Crippen LogP contribution in [0.1, 0.15) is 50.0 Å². The van der Waals surface area contributed by atoms with Crippen LogP contribution in [0.3, 0.4) is 0 Å². The lowest BCUT2D eigenvalue weighted by Crippen LogP contribution is -2.24. The number of aromatic hydroxyl groups is 1. The van der Waals surface area contributed by atoms with Gasteiger partial charge in [-0.3, -0.25) is 0 Å². The van der Waals surface area contributed by atoms with Crippen LogP contribution in [0.4, 0.5) is 0 Å². The molecule has 1 heterocycles. The smallest absolute Gasteiger partial charge is 0.346 e. The fourth-order valence-electron chi connectivity index (χ4n) is 2.12. The number of hydrogen-bond acceptors (Lipinski definition) is 4. The second kappa shape index (κ2) is 4.76. The van der Waals surface area contributed by atoms with E-state index in [4.69, 9.17) is 9.47 Å². The van der Waals surface area contributed by atoms with E-state index in [1.165, 1.54) is 6.07 Å². The zero-order chi connectivity index (χ0) is 14.2. The molecule has 4 nitrogen and oxygen atoms in total. The summed E-state index contributed by atoms with van der Waals surface area (Å²) in [5.74, 6) is -0.163. The van der Waals surface area contributed by atoms with Crippen LogP contribution in [0.25, 0.3) is 0 Å². The second-order valence-corrected chi connectivity index (χ2v) is 5.80. The van der Waals surface area contributed by atoms with Crippen molar-refractivity contribution in [1.82, 2.24) is 0 Å². The summed E-state index contributed by atoms with van der Waals surface area (Å²) < 4.78 is 11.1. The van der Waals surface area contributed by atoms with Crippen molar-refractivity contribution >= 4 is 5.97 Å². The standard InChI is InChI=1S/C15H20O4/c1-5-10-8-9-6-7-11(16)12(13(9)18-10)14(17)19-15(2,3)4/h6-7,10,16H,5,8H2,1-4H3. The highest BCUT2D eigenvalue weighted by atomic mass is 16.6. The third-order valence-electron chi connectivity index (χ3n) is 3.01. The van der Waals surface area contributed by atoms with Crippen LogP contribution in [0.5, 0.6) is 11.5 Å². The maximum absolute atomic E-state index is 12.2. The Bertz CT molecular complexity index is 500. The Hall–Kier alpha value is -1.71. The van der Waals surface area contributed by atoms with Gasteiger partial charge in [-0.25, -0.2) is 4.79 Å². The van der Waals surface area contributed by atoms with Gasteiger partial charge in [0.15, 0.2) is 0 Å². The van der Waals surface area contributed by atoms with Crippen LogP contribution in [-0.4, -0.2) is 22.8 Å². The van der Waals surface area contributed by atoms with Gasteiger partial charge in [0.05, 0.1) is 0 Å². The van der Waals surface area contributed by atoms with E-state index >= 15 is 0 Å². The van der Waals surface area contributed by atoms with Crippen LogP contribution in [0, 0.1) is 0 Å². The van der Waals surface area contributed by atoms with E-state index in [9.17, 15) is 9.90 Å². The molecule has 104 valence electrons. The lowest BCUT2D eigenvalue weighted by atomic mass is 10.0. The van der Waals surface area contributed by atoms with Gasteiger partial charge in [0.2, 0.25) is 0 Å². The molecule has 1 aromatic rings. The molecule has 0 bridgehead atoms. The molecule has 0 aliphatic carbocycles. The van der Waals surface area contributed by atoms with E-state index in [0.717, 1.165) is 18.4 Å². The number of carbonyl (C=O) groups excluding carboxylic acids is 1. The zero-order valence-corrected chi connectivity index (χ0v) is 11.8. The Labute approximate surface area is 113 Å². The van der Waals surface area contributed by atoms with Crippen molar-refractivity contribution in [2.75, 3.05) is 0 Å². The fraction of sp³-hybridized carbons (Fsp3) is 0.533. The van der Waals surface area contributed by atoms with Gasteiger partial charge in [0.1, 0.15) is 28.8 Å². The number of benzene rings is 1. The first-order chi connectivity index (χ1) is 8.81. The van der Waals surface area contributed by atoms with Gasteiger partial charge in [-0.15, -0.1) is 0 Å². The van der Waals surface area contributed by atoms with E-state index in [1.54, 1.807) is 26.8 Å². The number of fused-ring (bicyclic) bond motifs is 1. The molecular formula is C15H20O4. The first-order valence-electron chi connectivity index (χ1n) is 6.56. The zero-order valence-electron chi connectivity index (χ0n) is 11.8. The van der Waals surface area contributed by atoms with Gasteiger partial charge >= 0.3 is 5.97 Å². The molecule has 1 aliphatic rings. The minimum atomic E-state index is -0.602. The summed E-state index contributed by atoms with van der Waals surface area (Å²) in [6.07, 6.45) is 1.70. The van der Waals surface area contributed by atoms with Crippen molar-refractivity contribution in [3.63, 3.8) is 0 Å². The van der Waals surface area contributed by atoms with E-state index < -0.39 is 11.6 Å². The second-order valence-electron chi connectivity index (χ2n) is 5.80. The summed E-state index contributed by atoms with van der Waals surface area (Å²) in [6.45, 7) is 7.41. The van der Waals surface area contributed by atoms with Gasteiger partial charge in [-0.05, 0) is 38.8 Å². The molecule has 1 atom stereocenters. The number of carbonyl (C=O) groups is 1. The van der Waals surface area contributed by atoms with Gasteiger partial charge in [0, 0.05) is 6.42 Å². The quantitative estimate of drug-likeness (QED) is 0.834. The van der Waals surface area contributed by atoms with Crippen molar-refractivity contribution in [2.24, 2.45) is 0 Å². The molecule has 0 spiro atoms.